The number of hydrogen-bond donors (Lipinski definition) is 1. The van der Waals surface area contributed by atoms with E-state index in [1.54, 1.807) is 0 Å². The van der Waals surface area contributed by atoms with Crippen molar-refractivity contribution in [3.05, 3.63) is 0 Å². The number of hydrogen-bond acceptors (Lipinski definition) is 3. The fourth-order valence-electron chi connectivity index (χ4n) is 1.98. The number of rotatable bonds is 6. The Labute approximate surface area is 111 Å². The lowest BCUT2D eigenvalue weighted by Gasteiger charge is -2.30. The molecule has 1 saturated heterocycles. The normalized spacial score (nSPS) is 21.8. The molecule has 0 bridgehead atoms. The smallest absolute Gasteiger partial charge is 0.0784 e. The van der Waals surface area contributed by atoms with Gasteiger partial charge in [-0.15, -0.1) is 0 Å². The van der Waals surface area contributed by atoms with Gasteiger partial charge in [0.2, 0.25) is 0 Å². The Kier molecular flexibility index (Phi) is 5.83. The van der Waals surface area contributed by atoms with Crippen LogP contribution in [0.5, 0.6) is 0 Å². The molecule has 100 valence electrons. The highest BCUT2D eigenvalue weighted by Crippen LogP contribution is 2.21. The van der Waals surface area contributed by atoms with Crippen molar-refractivity contribution in [3.8, 4) is 0 Å². The molecule has 1 atom stereocenters. The van der Waals surface area contributed by atoms with E-state index in [4.69, 9.17) is 22.7 Å². The minimum Gasteiger partial charge on any atom is -0.393 e. The summed E-state index contributed by atoms with van der Waals surface area (Å²) < 4.78 is 5.74. The Morgan fingerprint density at radius 3 is 2.71 bits per heavy atom. The topological polar surface area (TPSA) is 38.5 Å². The molecule has 4 heteroatoms. The molecule has 0 saturated carbocycles. The largest absolute Gasteiger partial charge is 0.393 e. The molecule has 0 aromatic carbocycles. The highest BCUT2D eigenvalue weighted by Gasteiger charge is 2.22. The maximum absolute atomic E-state index is 5.74. The van der Waals surface area contributed by atoms with Crippen LogP contribution in [0.15, 0.2) is 0 Å². The fourth-order valence-corrected chi connectivity index (χ4v) is 2.09. The SMILES string of the molecule is CN(CCC(C)(C)C(N)=S)CC1CCCCO1. The highest BCUT2D eigenvalue weighted by molar-refractivity contribution is 7.80. The Bertz CT molecular complexity index is 250. The van der Waals surface area contributed by atoms with Gasteiger partial charge in [0.15, 0.2) is 0 Å². The highest BCUT2D eigenvalue weighted by atomic mass is 32.1. The lowest BCUT2D eigenvalue weighted by atomic mass is 9.89. The summed E-state index contributed by atoms with van der Waals surface area (Å²) in [6.07, 6.45) is 5.14. The average molecular weight is 258 g/mol. The van der Waals surface area contributed by atoms with E-state index in [1.165, 1.54) is 19.3 Å². The lowest BCUT2D eigenvalue weighted by molar-refractivity contribution is -0.00223. The first kappa shape index (κ1) is 14.9. The van der Waals surface area contributed by atoms with E-state index in [1.807, 2.05) is 0 Å². The number of nitrogens with zero attached hydrogens (tertiary/aromatic N) is 1. The van der Waals surface area contributed by atoms with Gasteiger partial charge in [-0.3, -0.25) is 0 Å². The van der Waals surface area contributed by atoms with Gasteiger partial charge in [-0.1, -0.05) is 26.1 Å². The molecule has 3 nitrogen and oxygen atoms in total. The van der Waals surface area contributed by atoms with E-state index in [0.29, 0.717) is 11.1 Å². The van der Waals surface area contributed by atoms with Gasteiger partial charge >= 0.3 is 0 Å². The second-order valence-electron chi connectivity index (χ2n) is 5.75. The summed E-state index contributed by atoms with van der Waals surface area (Å²) in [5.74, 6) is 0. The Morgan fingerprint density at radius 2 is 2.18 bits per heavy atom. The molecule has 0 spiro atoms. The van der Waals surface area contributed by atoms with Crippen molar-refractivity contribution >= 4 is 17.2 Å². The Balaban J connectivity index is 2.24. The molecule has 1 rings (SSSR count). The van der Waals surface area contributed by atoms with Gasteiger partial charge in [-0.25, -0.2) is 0 Å². The summed E-state index contributed by atoms with van der Waals surface area (Å²) in [6.45, 7) is 7.19. The second-order valence-corrected chi connectivity index (χ2v) is 6.19. The van der Waals surface area contributed by atoms with Gasteiger partial charge in [0.25, 0.3) is 0 Å². The van der Waals surface area contributed by atoms with E-state index in [0.717, 1.165) is 26.1 Å². The molecule has 0 aliphatic carbocycles. The van der Waals surface area contributed by atoms with E-state index in [-0.39, 0.29) is 5.41 Å². The van der Waals surface area contributed by atoms with Crippen molar-refractivity contribution in [1.29, 1.82) is 0 Å². The third-order valence-corrected chi connectivity index (χ3v) is 4.13. The van der Waals surface area contributed by atoms with Crippen LogP contribution in [0.2, 0.25) is 0 Å². The van der Waals surface area contributed by atoms with Crippen molar-refractivity contribution in [2.75, 3.05) is 26.7 Å². The molecule has 1 aliphatic heterocycles. The van der Waals surface area contributed by atoms with E-state index >= 15 is 0 Å². The summed E-state index contributed by atoms with van der Waals surface area (Å²) >= 11 is 5.08. The zero-order valence-electron chi connectivity index (χ0n) is 11.4. The molecule has 2 N–H and O–H groups in total. The van der Waals surface area contributed by atoms with Gasteiger partial charge in [-0.05, 0) is 39.3 Å². The van der Waals surface area contributed by atoms with Gasteiger partial charge in [0.05, 0.1) is 11.1 Å². The molecule has 0 aromatic rings. The molecular weight excluding hydrogens is 232 g/mol. The molecule has 0 amide bonds. The molecule has 1 aliphatic rings. The van der Waals surface area contributed by atoms with E-state index in [9.17, 15) is 0 Å². The molecule has 1 heterocycles. The third kappa shape index (κ3) is 5.32. The first-order chi connectivity index (χ1) is 7.92. The van der Waals surface area contributed by atoms with Crippen molar-refractivity contribution in [2.24, 2.45) is 11.1 Å². The van der Waals surface area contributed by atoms with Crippen LogP contribution >= 0.6 is 12.2 Å². The number of ether oxygens (including phenoxy) is 1. The summed E-state index contributed by atoms with van der Waals surface area (Å²) in [5.41, 5.74) is 5.68. The summed E-state index contributed by atoms with van der Waals surface area (Å²) in [5, 5.41) is 0. The molecule has 1 fully saturated rings. The maximum Gasteiger partial charge on any atom is 0.0784 e. The minimum absolute atomic E-state index is 0.0446. The molecule has 0 radical (unpaired) electrons. The van der Waals surface area contributed by atoms with Crippen molar-refractivity contribution < 1.29 is 4.74 Å². The fraction of sp³-hybridized carbons (Fsp3) is 0.923. The van der Waals surface area contributed by atoms with Crippen LogP contribution in [0.1, 0.15) is 39.5 Å². The van der Waals surface area contributed by atoms with Crippen LogP contribution < -0.4 is 5.73 Å². The van der Waals surface area contributed by atoms with Crippen LogP contribution in [-0.4, -0.2) is 42.7 Å². The lowest BCUT2D eigenvalue weighted by Crippen LogP contribution is -2.37. The maximum atomic E-state index is 5.74. The standard InChI is InChI=1S/C13H26N2OS/c1-13(2,12(14)17)7-8-15(3)10-11-6-4-5-9-16-11/h11H,4-10H2,1-3H3,(H2,14,17). The number of likely N-dealkylation sites (N-methyl/N-ethyl adjacent to an activating group) is 1. The predicted molar refractivity (Wildman–Crippen MR) is 76.3 cm³/mol. The van der Waals surface area contributed by atoms with Crippen LogP contribution in [0.3, 0.4) is 0 Å². The zero-order chi connectivity index (χ0) is 12.9. The molecule has 1 unspecified atom stereocenters. The minimum atomic E-state index is -0.0446. The molecule has 0 aromatic heterocycles. The average Bonchev–Trinajstić information content (AvgIpc) is 2.28. The Hall–Kier alpha value is -0.190. The summed E-state index contributed by atoms with van der Waals surface area (Å²) in [6, 6.07) is 0. The van der Waals surface area contributed by atoms with E-state index in [2.05, 4.69) is 25.8 Å². The first-order valence-corrected chi connectivity index (χ1v) is 6.93. The summed E-state index contributed by atoms with van der Waals surface area (Å²) in [7, 11) is 2.15. The number of nitrogens with two attached hydrogens (primary N) is 1. The van der Waals surface area contributed by atoms with Crippen LogP contribution in [-0.2, 0) is 4.74 Å². The van der Waals surface area contributed by atoms with Crippen molar-refractivity contribution in [3.63, 3.8) is 0 Å². The van der Waals surface area contributed by atoms with Crippen molar-refractivity contribution in [1.82, 2.24) is 4.90 Å². The monoisotopic (exact) mass is 258 g/mol. The third-order valence-electron chi connectivity index (χ3n) is 3.57. The van der Waals surface area contributed by atoms with Gasteiger partial charge < -0.3 is 15.4 Å². The summed E-state index contributed by atoms with van der Waals surface area (Å²) in [4.78, 5) is 2.94. The second kappa shape index (κ2) is 6.66. The van der Waals surface area contributed by atoms with Crippen molar-refractivity contribution in [2.45, 2.75) is 45.6 Å². The van der Waals surface area contributed by atoms with Gasteiger partial charge in [0, 0.05) is 18.6 Å². The van der Waals surface area contributed by atoms with Crippen LogP contribution in [0.25, 0.3) is 0 Å². The van der Waals surface area contributed by atoms with E-state index < -0.39 is 0 Å². The van der Waals surface area contributed by atoms with Crippen LogP contribution in [0.4, 0.5) is 0 Å². The molecule has 17 heavy (non-hydrogen) atoms. The van der Waals surface area contributed by atoms with Gasteiger partial charge in [-0.2, -0.15) is 0 Å². The number of thiocarbonyl (C=S) groups is 1. The zero-order valence-corrected chi connectivity index (χ0v) is 12.2. The quantitative estimate of drug-likeness (QED) is 0.741. The Morgan fingerprint density at radius 1 is 1.47 bits per heavy atom. The van der Waals surface area contributed by atoms with Crippen LogP contribution in [0, 0.1) is 5.41 Å². The predicted octanol–water partition coefficient (Wildman–Crippen LogP) is 2.19. The van der Waals surface area contributed by atoms with Gasteiger partial charge in [0.1, 0.15) is 0 Å². The first-order valence-electron chi connectivity index (χ1n) is 6.52. The molecular formula is C13H26N2OS.